The maximum Gasteiger partial charge on any atom is 0.251 e. The molecular weight excluding hydrogens is 220 g/mol. The summed E-state index contributed by atoms with van der Waals surface area (Å²) in [7, 11) is 0. The predicted octanol–water partition coefficient (Wildman–Crippen LogP) is 2.76. The number of rotatable bonds is 4. The maximum absolute atomic E-state index is 11.5. The molecule has 1 N–H and O–H groups in total. The van der Waals surface area contributed by atoms with E-state index in [0.717, 1.165) is 23.7 Å². The van der Waals surface area contributed by atoms with Gasteiger partial charge in [-0.25, -0.2) is 4.98 Å². The van der Waals surface area contributed by atoms with Gasteiger partial charge in [-0.2, -0.15) is 0 Å². The minimum absolute atomic E-state index is 0.0149. The van der Waals surface area contributed by atoms with Crippen LogP contribution in [0.2, 0.25) is 0 Å². The number of hydrogen-bond acceptors (Lipinski definition) is 3. The minimum atomic E-state index is -0.0149. The van der Waals surface area contributed by atoms with Gasteiger partial charge in [0.1, 0.15) is 0 Å². The highest BCUT2D eigenvalue weighted by molar-refractivity contribution is 7.99. The summed E-state index contributed by atoms with van der Waals surface area (Å²) < 4.78 is 0. The highest BCUT2D eigenvalue weighted by atomic mass is 32.2. The number of nitrogens with one attached hydrogen (secondary N) is 1. The smallest absolute Gasteiger partial charge is 0.251 e. The van der Waals surface area contributed by atoms with E-state index >= 15 is 0 Å². The number of aromatic nitrogens is 2. The molecule has 1 fully saturated rings. The van der Waals surface area contributed by atoms with E-state index < -0.39 is 0 Å². The van der Waals surface area contributed by atoms with E-state index in [1.807, 2.05) is 0 Å². The van der Waals surface area contributed by atoms with Crippen LogP contribution in [0.3, 0.4) is 0 Å². The summed E-state index contributed by atoms with van der Waals surface area (Å²) in [6.07, 6.45) is 7.07. The first-order valence-electron chi connectivity index (χ1n) is 6.05. The van der Waals surface area contributed by atoms with Gasteiger partial charge in [-0.1, -0.05) is 37.9 Å². The van der Waals surface area contributed by atoms with Gasteiger partial charge < -0.3 is 4.98 Å². The van der Waals surface area contributed by atoms with Crippen molar-refractivity contribution in [3.63, 3.8) is 0 Å². The molecular formula is C12H18N2OS. The van der Waals surface area contributed by atoms with E-state index in [2.05, 4.69) is 16.9 Å². The van der Waals surface area contributed by atoms with Gasteiger partial charge >= 0.3 is 0 Å². The van der Waals surface area contributed by atoms with Crippen molar-refractivity contribution in [2.45, 2.75) is 55.9 Å². The van der Waals surface area contributed by atoms with E-state index in [-0.39, 0.29) is 5.56 Å². The van der Waals surface area contributed by atoms with Crippen LogP contribution in [0.25, 0.3) is 0 Å². The van der Waals surface area contributed by atoms with Crippen LogP contribution in [-0.2, 0) is 6.42 Å². The van der Waals surface area contributed by atoms with Crippen LogP contribution in [0.4, 0.5) is 0 Å². The third-order valence-electron chi connectivity index (χ3n) is 2.86. The lowest BCUT2D eigenvalue weighted by molar-refractivity contribution is 0.808. The Hall–Kier alpha value is -0.770. The summed E-state index contributed by atoms with van der Waals surface area (Å²) in [5.74, 6) is 0. The van der Waals surface area contributed by atoms with Gasteiger partial charge in [0.15, 0.2) is 5.16 Å². The molecule has 3 nitrogen and oxygen atoms in total. The van der Waals surface area contributed by atoms with Crippen LogP contribution in [-0.4, -0.2) is 15.2 Å². The monoisotopic (exact) mass is 238 g/mol. The average molecular weight is 238 g/mol. The Morgan fingerprint density at radius 1 is 1.50 bits per heavy atom. The van der Waals surface area contributed by atoms with Crippen molar-refractivity contribution in [1.29, 1.82) is 0 Å². The number of aromatic amines is 1. The zero-order valence-corrected chi connectivity index (χ0v) is 10.5. The number of H-pyrrole nitrogens is 1. The second kappa shape index (κ2) is 5.53. The molecule has 16 heavy (non-hydrogen) atoms. The number of thioether (sulfide) groups is 1. The molecule has 0 saturated heterocycles. The average Bonchev–Trinajstić information content (AvgIpc) is 2.70. The lowest BCUT2D eigenvalue weighted by atomic mass is 10.2. The fourth-order valence-electron chi connectivity index (χ4n) is 2.09. The Morgan fingerprint density at radius 3 is 2.94 bits per heavy atom. The largest absolute Gasteiger partial charge is 0.301 e. The summed E-state index contributed by atoms with van der Waals surface area (Å²) in [5, 5.41) is 1.46. The second-order valence-electron chi connectivity index (χ2n) is 4.32. The van der Waals surface area contributed by atoms with Gasteiger partial charge in [-0.05, 0) is 19.3 Å². The molecule has 1 aliphatic carbocycles. The van der Waals surface area contributed by atoms with Gasteiger partial charge in [0.05, 0.1) is 0 Å². The minimum Gasteiger partial charge on any atom is -0.301 e. The van der Waals surface area contributed by atoms with Crippen molar-refractivity contribution >= 4 is 11.8 Å². The lowest BCUT2D eigenvalue weighted by Crippen LogP contribution is -2.11. The molecule has 0 bridgehead atoms. The van der Waals surface area contributed by atoms with Crippen LogP contribution in [0.5, 0.6) is 0 Å². The summed E-state index contributed by atoms with van der Waals surface area (Å²) in [6.45, 7) is 2.10. The molecule has 0 aliphatic heterocycles. The Bertz CT molecular complexity index is 396. The molecule has 1 saturated carbocycles. The van der Waals surface area contributed by atoms with Gasteiger partial charge in [0.2, 0.25) is 0 Å². The molecule has 0 spiro atoms. The molecule has 0 unspecified atom stereocenters. The number of nitrogens with zero attached hydrogens (tertiary/aromatic N) is 1. The van der Waals surface area contributed by atoms with Crippen molar-refractivity contribution in [1.82, 2.24) is 9.97 Å². The fourth-order valence-corrected chi connectivity index (χ4v) is 3.30. The second-order valence-corrected chi connectivity index (χ2v) is 5.61. The molecule has 1 aliphatic rings. The first-order chi connectivity index (χ1) is 7.78. The van der Waals surface area contributed by atoms with E-state index in [1.54, 1.807) is 17.8 Å². The number of aryl methyl sites for hydroxylation is 1. The van der Waals surface area contributed by atoms with Gasteiger partial charge in [-0.15, -0.1) is 0 Å². The van der Waals surface area contributed by atoms with Crippen molar-refractivity contribution in [2.24, 2.45) is 0 Å². The normalized spacial score (nSPS) is 16.8. The Morgan fingerprint density at radius 2 is 2.25 bits per heavy atom. The SMILES string of the molecule is CCCc1cc(=O)[nH]c(SC2CCCC2)n1. The van der Waals surface area contributed by atoms with E-state index in [0.29, 0.717) is 5.25 Å². The predicted molar refractivity (Wildman–Crippen MR) is 67.0 cm³/mol. The van der Waals surface area contributed by atoms with Gasteiger partial charge in [-0.3, -0.25) is 4.79 Å². The third-order valence-corrected chi connectivity index (χ3v) is 4.08. The first kappa shape index (κ1) is 11.7. The Balaban J connectivity index is 2.10. The molecule has 4 heteroatoms. The zero-order chi connectivity index (χ0) is 11.4. The van der Waals surface area contributed by atoms with E-state index in [9.17, 15) is 4.79 Å². The molecule has 0 radical (unpaired) electrons. The van der Waals surface area contributed by atoms with Crippen molar-refractivity contribution in [3.05, 3.63) is 22.1 Å². The van der Waals surface area contributed by atoms with Crippen LogP contribution in [0, 0.1) is 0 Å². The molecule has 0 atom stereocenters. The highest BCUT2D eigenvalue weighted by Crippen LogP contribution is 2.32. The molecule has 1 aromatic rings. The molecule has 88 valence electrons. The molecule has 1 aromatic heterocycles. The summed E-state index contributed by atoms with van der Waals surface area (Å²) in [4.78, 5) is 18.8. The van der Waals surface area contributed by atoms with E-state index in [1.165, 1.54) is 25.7 Å². The Labute approximate surface area is 100 Å². The maximum atomic E-state index is 11.5. The van der Waals surface area contributed by atoms with Crippen LogP contribution in [0.15, 0.2) is 16.0 Å². The first-order valence-corrected chi connectivity index (χ1v) is 6.93. The summed E-state index contributed by atoms with van der Waals surface area (Å²) >= 11 is 1.74. The van der Waals surface area contributed by atoms with Crippen molar-refractivity contribution in [2.75, 3.05) is 0 Å². The number of hydrogen-bond donors (Lipinski definition) is 1. The zero-order valence-electron chi connectivity index (χ0n) is 9.66. The van der Waals surface area contributed by atoms with Crippen LogP contribution in [0.1, 0.15) is 44.7 Å². The summed E-state index contributed by atoms with van der Waals surface area (Å²) in [5.41, 5.74) is 0.908. The molecule has 0 amide bonds. The van der Waals surface area contributed by atoms with Crippen LogP contribution < -0.4 is 5.56 Å². The van der Waals surface area contributed by atoms with Crippen LogP contribution >= 0.6 is 11.8 Å². The summed E-state index contributed by atoms with van der Waals surface area (Å²) in [6, 6.07) is 1.61. The molecule has 1 heterocycles. The quantitative estimate of drug-likeness (QED) is 0.820. The molecule has 2 rings (SSSR count). The standard InChI is InChI=1S/C12H18N2OS/c1-2-5-9-8-11(15)14-12(13-9)16-10-6-3-4-7-10/h8,10H,2-7H2,1H3,(H,13,14,15). The Kier molecular flexibility index (Phi) is 4.04. The van der Waals surface area contributed by atoms with Gasteiger partial charge in [0.25, 0.3) is 5.56 Å². The van der Waals surface area contributed by atoms with Crippen molar-refractivity contribution in [3.8, 4) is 0 Å². The highest BCUT2D eigenvalue weighted by Gasteiger charge is 2.17. The lowest BCUT2D eigenvalue weighted by Gasteiger charge is -2.08. The molecule has 0 aromatic carbocycles. The fraction of sp³-hybridized carbons (Fsp3) is 0.667. The van der Waals surface area contributed by atoms with Gasteiger partial charge in [0, 0.05) is 17.0 Å². The van der Waals surface area contributed by atoms with Crippen molar-refractivity contribution < 1.29 is 0 Å². The topological polar surface area (TPSA) is 45.8 Å². The third kappa shape index (κ3) is 3.11. The van der Waals surface area contributed by atoms with E-state index in [4.69, 9.17) is 0 Å².